The van der Waals surface area contributed by atoms with Gasteiger partial charge in [-0.05, 0) is 18.8 Å². The first-order valence-corrected chi connectivity index (χ1v) is 4.73. The minimum atomic E-state index is -0.416. The van der Waals surface area contributed by atoms with E-state index in [2.05, 4.69) is 27.1 Å². The highest BCUT2D eigenvalue weighted by atomic mass is 16.5. The summed E-state index contributed by atoms with van der Waals surface area (Å²) in [6.07, 6.45) is 2.43. The molecule has 0 amide bonds. The fraction of sp³-hybridized carbons (Fsp3) is 0.667. The molecular weight excluding hydrogens is 182 g/mol. The molecule has 5 heteroatoms. The molecular formula is C9H13N3O2. The number of ether oxygens (including phenoxy) is 1. The van der Waals surface area contributed by atoms with Crippen molar-refractivity contribution in [2.24, 2.45) is 5.92 Å². The van der Waals surface area contributed by atoms with E-state index in [1.54, 1.807) is 0 Å². The number of carbonyl (C=O) groups excluding carboxylic acids is 1. The molecule has 1 aromatic rings. The van der Waals surface area contributed by atoms with E-state index in [0.29, 0.717) is 17.5 Å². The molecule has 1 unspecified atom stereocenters. The topological polar surface area (TPSA) is 67.9 Å². The van der Waals surface area contributed by atoms with E-state index >= 15 is 0 Å². The molecule has 14 heavy (non-hydrogen) atoms. The molecule has 5 nitrogen and oxygen atoms in total. The minimum absolute atomic E-state index is 0.294. The number of carbonyl (C=O) groups is 1. The molecule has 1 N–H and O–H groups in total. The van der Waals surface area contributed by atoms with E-state index < -0.39 is 5.97 Å². The third kappa shape index (κ3) is 1.49. The predicted octanol–water partition coefficient (Wildman–Crippen LogP) is 1.10. The van der Waals surface area contributed by atoms with Gasteiger partial charge < -0.3 is 4.74 Å². The summed E-state index contributed by atoms with van der Waals surface area (Å²) in [5.41, 5.74) is 1.06. The summed E-state index contributed by atoms with van der Waals surface area (Å²) in [6.45, 7) is 2.07. The van der Waals surface area contributed by atoms with Gasteiger partial charge in [-0.3, -0.25) is 0 Å². The van der Waals surface area contributed by atoms with Crippen LogP contribution in [0.4, 0.5) is 0 Å². The number of rotatable bonds is 3. The van der Waals surface area contributed by atoms with Gasteiger partial charge in [-0.25, -0.2) is 4.79 Å². The zero-order valence-corrected chi connectivity index (χ0v) is 8.28. The second-order valence-corrected chi connectivity index (χ2v) is 3.68. The normalized spacial score (nSPS) is 17.9. The highest BCUT2D eigenvalue weighted by molar-refractivity contribution is 5.88. The predicted molar refractivity (Wildman–Crippen MR) is 48.9 cm³/mol. The molecule has 0 saturated heterocycles. The van der Waals surface area contributed by atoms with Crippen LogP contribution in [0.5, 0.6) is 0 Å². The number of hydrogen-bond donors (Lipinski definition) is 1. The number of nitrogens with zero attached hydrogens (tertiary/aromatic N) is 2. The van der Waals surface area contributed by atoms with Crippen molar-refractivity contribution < 1.29 is 9.53 Å². The van der Waals surface area contributed by atoms with Crippen molar-refractivity contribution in [3.63, 3.8) is 0 Å². The van der Waals surface area contributed by atoms with Gasteiger partial charge in [-0.2, -0.15) is 10.3 Å². The summed E-state index contributed by atoms with van der Waals surface area (Å²) in [6, 6.07) is 0. The largest absolute Gasteiger partial charge is 0.464 e. The van der Waals surface area contributed by atoms with Crippen LogP contribution in [0.3, 0.4) is 0 Å². The van der Waals surface area contributed by atoms with Crippen LogP contribution in [0.15, 0.2) is 0 Å². The number of esters is 1. The molecule has 2 rings (SSSR count). The second-order valence-electron chi connectivity index (χ2n) is 3.68. The van der Waals surface area contributed by atoms with Crippen molar-refractivity contribution in [2.75, 3.05) is 7.11 Å². The third-order valence-electron chi connectivity index (χ3n) is 2.71. The molecule has 0 bridgehead atoms. The lowest BCUT2D eigenvalue weighted by Crippen LogP contribution is -2.08. The van der Waals surface area contributed by atoms with E-state index in [4.69, 9.17) is 0 Å². The molecule has 1 atom stereocenters. The van der Waals surface area contributed by atoms with E-state index in [9.17, 15) is 4.79 Å². The Morgan fingerprint density at radius 3 is 2.86 bits per heavy atom. The van der Waals surface area contributed by atoms with E-state index in [1.807, 2.05) is 0 Å². The van der Waals surface area contributed by atoms with Gasteiger partial charge in [0.05, 0.1) is 7.11 Å². The number of methoxy groups -OCH3 is 1. The average Bonchev–Trinajstić information content (AvgIpc) is 2.93. The number of aromatic nitrogens is 3. The van der Waals surface area contributed by atoms with Crippen LogP contribution in [-0.4, -0.2) is 28.5 Å². The molecule has 1 aromatic heterocycles. The van der Waals surface area contributed by atoms with Gasteiger partial charge in [0, 0.05) is 5.92 Å². The highest BCUT2D eigenvalue weighted by Crippen LogP contribution is 2.42. The molecule has 1 fully saturated rings. The number of hydrogen-bond acceptors (Lipinski definition) is 4. The molecule has 0 spiro atoms. The Labute approximate surface area is 81.8 Å². The molecule has 0 aromatic carbocycles. The molecule has 1 heterocycles. The van der Waals surface area contributed by atoms with Crippen molar-refractivity contribution in [1.82, 2.24) is 15.4 Å². The van der Waals surface area contributed by atoms with Crippen LogP contribution in [-0.2, 0) is 4.74 Å². The summed E-state index contributed by atoms with van der Waals surface area (Å²) < 4.78 is 4.62. The maximum Gasteiger partial charge on any atom is 0.360 e. The van der Waals surface area contributed by atoms with Crippen molar-refractivity contribution in [1.29, 1.82) is 0 Å². The van der Waals surface area contributed by atoms with Gasteiger partial charge in [-0.15, -0.1) is 5.10 Å². The summed E-state index contributed by atoms with van der Waals surface area (Å²) in [7, 11) is 1.35. The van der Waals surface area contributed by atoms with E-state index in [1.165, 1.54) is 20.0 Å². The third-order valence-corrected chi connectivity index (χ3v) is 2.71. The van der Waals surface area contributed by atoms with Crippen LogP contribution in [0, 0.1) is 5.92 Å². The monoisotopic (exact) mass is 195 g/mol. The number of H-pyrrole nitrogens is 1. The summed E-state index contributed by atoms with van der Waals surface area (Å²) in [5, 5.41) is 10.3. The molecule has 1 aliphatic rings. The summed E-state index contributed by atoms with van der Waals surface area (Å²) in [4.78, 5) is 11.3. The van der Waals surface area contributed by atoms with Crippen LogP contribution in [0.2, 0.25) is 0 Å². The fourth-order valence-electron chi connectivity index (χ4n) is 1.62. The van der Waals surface area contributed by atoms with E-state index in [-0.39, 0.29) is 0 Å². The van der Waals surface area contributed by atoms with E-state index in [0.717, 1.165) is 5.69 Å². The van der Waals surface area contributed by atoms with Gasteiger partial charge in [0.25, 0.3) is 0 Å². The van der Waals surface area contributed by atoms with Crippen molar-refractivity contribution in [3.8, 4) is 0 Å². The van der Waals surface area contributed by atoms with Gasteiger partial charge >= 0.3 is 5.97 Å². The Morgan fingerprint density at radius 1 is 1.57 bits per heavy atom. The van der Waals surface area contributed by atoms with Crippen molar-refractivity contribution in [3.05, 3.63) is 11.4 Å². The fourth-order valence-corrected chi connectivity index (χ4v) is 1.62. The van der Waals surface area contributed by atoms with Crippen LogP contribution < -0.4 is 0 Å². The Bertz CT molecular complexity index is 344. The lowest BCUT2D eigenvalue weighted by Gasteiger charge is -2.06. The summed E-state index contributed by atoms with van der Waals surface area (Å²) in [5.74, 6) is 0.535. The molecule has 76 valence electrons. The molecule has 1 aliphatic carbocycles. The van der Waals surface area contributed by atoms with Crippen molar-refractivity contribution in [2.45, 2.75) is 25.7 Å². The first-order chi connectivity index (χ1) is 6.74. The van der Waals surface area contributed by atoms with Gasteiger partial charge in [0.2, 0.25) is 0 Å². The first-order valence-electron chi connectivity index (χ1n) is 4.73. The van der Waals surface area contributed by atoms with Crippen LogP contribution in [0.1, 0.15) is 41.9 Å². The van der Waals surface area contributed by atoms with Gasteiger partial charge in [0.15, 0.2) is 5.69 Å². The zero-order valence-electron chi connectivity index (χ0n) is 8.28. The Morgan fingerprint density at radius 2 is 2.29 bits per heavy atom. The van der Waals surface area contributed by atoms with Crippen LogP contribution in [0.25, 0.3) is 0 Å². The van der Waals surface area contributed by atoms with Gasteiger partial charge in [-0.1, -0.05) is 6.92 Å². The maximum atomic E-state index is 11.3. The standard InChI is InChI=1S/C9H13N3O2/c1-5(6-3-4-6)7-8(9(13)14-2)11-12-10-7/h5-6H,3-4H2,1-2H3,(H,10,11,12). The smallest absolute Gasteiger partial charge is 0.360 e. The van der Waals surface area contributed by atoms with Gasteiger partial charge in [0.1, 0.15) is 5.69 Å². The number of aromatic amines is 1. The highest BCUT2D eigenvalue weighted by Gasteiger charge is 2.33. The lowest BCUT2D eigenvalue weighted by atomic mass is 10.0. The minimum Gasteiger partial charge on any atom is -0.464 e. The summed E-state index contributed by atoms with van der Waals surface area (Å²) >= 11 is 0. The van der Waals surface area contributed by atoms with Crippen LogP contribution >= 0.6 is 0 Å². The Balaban J connectivity index is 2.23. The van der Waals surface area contributed by atoms with Crippen molar-refractivity contribution >= 4 is 5.97 Å². The average molecular weight is 195 g/mol. The molecule has 1 saturated carbocycles. The maximum absolute atomic E-state index is 11.3. The lowest BCUT2D eigenvalue weighted by molar-refractivity contribution is 0.0592. The Hall–Kier alpha value is -1.39. The first kappa shape index (κ1) is 9.18. The molecule has 0 aliphatic heterocycles. The zero-order chi connectivity index (χ0) is 10.1. The second kappa shape index (κ2) is 3.40. The SMILES string of the molecule is COC(=O)c1n[nH]nc1C(C)C1CC1. The Kier molecular flexibility index (Phi) is 2.23. The molecule has 0 radical (unpaired) electrons. The quantitative estimate of drug-likeness (QED) is 0.733. The number of nitrogens with one attached hydrogen (secondary N) is 1.